The molecular formula is C39H55N9O7S. The number of para-hydroxylation sites is 1. The van der Waals surface area contributed by atoms with Gasteiger partial charge in [-0.2, -0.15) is 11.8 Å². The minimum atomic E-state index is -1.29. The minimum absolute atomic E-state index is 0.00643. The minimum Gasteiger partial charge on any atom is -0.480 e. The number of carboxylic acid groups (broad SMARTS) is 1. The Bertz CT molecular complexity index is 1810. The van der Waals surface area contributed by atoms with E-state index in [9.17, 15) is 33.9 Å². The molecule has 56 heavy (non-hydrogen) atoms. The van der Waals surface area contributed by atoms with Gasteiger partial charge in [-0.15, -0.1) is 0 Å². The number of aliphatic imine (C=N–C) groups is 1. The Kier molecular flexibility index (Phi) is 18.2. The van der Waals surface area contributed by atoms with E-state index in [2.05, 4.69) is 36.6 Å². The van der Waals surface area contributed by atoms with E-state index in [-0.39, 0.29) is 50.5 Å². The van der Waals surface area contributed by atoms with Crippen LogP contribution in [0.15, 0.2) is 65.8 Å². The molecule has 0 aliphatic heterocycles. The number of nitrogens with one attached hydrogen (secondary N) is 6. The first kappa shape index (κ1) is 44.8. The first-order chi connectivity index (χ1) is 26.7. The van der Waals surface area contributed by atoms with E-state index < -0.39 is 65.7 Å². The fourth-order valence-electron chi connectivity index (χ4n) is 6.09. The Morgan fingerprint density at radius 2 is 1.32 bits per heavy atom. The summed E-state index contributed by atoms with van der Waals surface area (Å²) in [6.07, 6.45) is 4.46. The summed E-state index contributed by atoms with van der Waals surface area (Å²) >= 11 is 1.44. The van der Waals surface area contributed by atoms with Gasteiger partial charge in [0.05, 0.1) is 0 Å². The van der Waals surface area contributed by atoms with Crippen molar-refractivity contribution < 1.29 is 33.9 Å². The zero-order chi connectivity index (χ0) is 41.2. The molecule has 0 bridgehead atoms. The van der Waals surface area contributed by atoms with Crippen LogP contribution < -0.4 is 38.1 Å². The van der Waals surface area contributed by atoms with Crippen LogP contribution in [0, 0.1) is 5.92 Å². The lowest BCUT2D eigenvalue weighted by Gasteiger charge is -2.27. The molecule has 0 aliphatic carbocycles. The molecule has 0 unspecified atom stereocenters. The molecule has 5 atom stereocenters. The quantitative estimate of drug-likeness (QED) is 0.0378. The van der Waals surface area contributed by atoms with Crippen LogP contribution in [-0.2, 0) is 41.6 Å². The number of aromatic amines is 1. The second-order valence-corrected chi connectivity index (χ2v) is 14.9. The van der Waals surface area contributed by atoms with Gasteiger partial charge >= 0.3 is 5.97 Å². The summed E-state index contributed by atoms with van der Waals surface area (Å²) in [4.78, 5) is 86.8. The van der Waals surface area contributed by atoms with Crippen molar-refractivity contribution in [2.75, 3.05) is 18.6 Å². The Balaban J connectivity index is 1.89. The molecule has 0 radical (unpaired) electrons. The van der Waals surface area contributed by atoms with Gasteiger partial charge in [-0.05, 0) is 60.8 Å². The number of carboxylic acids is 1. The maximum absolute atomic E-state index is 14.2. The summed E-state index contributed by atoms with van der Waals surface area (Å²) in [5.74, 6) is -3.93. The van der Waals surface area contributed by atoms with Crippen LogP contribution in [0.5, 0.6) is 0 Å². The number of benzene rings is 2. The van der Waals surface area contributed by atoms with Gasteiger partial charge in [0.1, 0.15) is 30.2 Å². The number of amides is 5. The van der Waals surface area contributed by atoms with E-state index in [1.54, 1.807) is 36.5 Å². The van der Waals surface area contributed by atoms with Gasteiger partial charge in [0, 0.05) is 43.4 Å². The molecule has 0 fully saturated rings. The number of carbonyl (C=O) groups is 6. The maximum Gasteiger partial charge on any atom is 0.326 e. The molecule has 0 spiro atoms. The van der Waals surface area contributed by atoms with E-state index in [0.29, 0.717) is 17.7 Å². The molecule has 3 rings (SSSR count). The molecule has 3 aromatic rings. The van der Waals surface area contributed by atoms with Crippen molar-refractivity contribution in [3.63, 3.8) is 0 Å². The molecule has 1 heterocycles. The second kappa shape index (κ2) is 22.7. The molecule has 0 saturated heterocycles. The summed E-state index contributed by atoms with van der Waals surface area (Å²) in [5.41, 5.74) is 13.2. The highest BCUT2D eigenvalue weighted by atomic mass is 32.2. The predicted molar refractivity (Wildman–Crippen MR) is 217 cm³/mol. The fourth-order valence-corrected chi connectivity index (χ4v) is 6.57. The average Bonchev–Trinajstić information content (AvgIpc) is 3.55. The van der Waals surface area contributed by atoms with Crippen LogP contribution in [0.1, 0.15) is 57.6 Å². The van der Waals surface area contributed by atoms with Crippen LogP contribution in [0.4, 0.5) is 0 Å². The maximum atomic E-state index is 14.2. The van der Waals surface area contributed by atoms with Gasteiger partial charge in [-0.1, -0.05) is 62.4 Å². The van der Waals surface area contributed by atoms with Crippen LogP contribution in [0.2, 0.25) is 0 Å². The van der Waals surface area contributed by atoms with E-state index in [0.717, 1.165) is 16.5 Å². The number of fused-ring (bicyclic) bond motifs is 1. The Labute approximate surface area is 331 Å². The molecule has 1 aromatic heterocycles. The largest absolute Gasteiger partial charge is 0.480 e. The van der Waals surface area contributed by atoms with Gasteiger partial charge in [-0.25, -0.2) is 4.79 Å². The number of nitrogens with zero attached hydrogens (tertiary/aromatic N) is 1. The highest BCUT2D eigenvalue weighted by molar-refractivity contribution is 7.98. The van der Waals surface area contributed by atoms with Crippen molar-refractivity contribution in [1.29, 1.82) is 0 Å². The fraction of sp³-hybridized carbons (Fsp3) is 0.462. The van der Waals surface area contributed by atoms with Crippen molar-refractivity contribution in [3.05, 3.63) is 71.9 Å². The van der Waals surface area contributed by atoms with Gasteiger partial charge in [0.25, 0.3) is 0 Å². The number of guanidine groups is 1. The second-order valence-electron chi connectivity index (χ2n) is 13.9. The summed E-state index contributed by atoms with van der Waals surface area (Å²) in [6, 6.07) is 10.6. The highest BCUT2D eigenvalue weighted by Crippen LogP contribution is 2.20. The SMILES string of the molecule is CSCC[C@H](NC(=O)[C@H](Cc1c[nH]c2ccccc12)NC(=O)[C@H](CC(C)C)NC(C)=O)C(=O)N[C@@H](CCCN=C(N)N)C(=O)N[C@@H](Cc1ccccc1)C(=O)O. The number of hydrogen-bond acceptors (Lipinski definition) is 8. The molecule has 304 valence electrons. The summed E-state index contributed by atoms with van der Waals surface area (Å²) in [7, 11) is 0. The summed E-state index contributed by atoms with van der Waals surface area (Å²) < 4.78 is 0. The molecule has 11 N–H and O–H groups in total. The van der Waals surface area contributed by atoms with Crippen molar-refractivity contribution in [2.45, 2.75) is 89.5 Å². The Morgan fingerprint density at radius 3 is 1.93 bits per heavy atom. The lowest BCUT2D eigenvalue weighted by molar-refractivity contribution is -0.142. The number of hydrogen-bond donors (Lipinski definition) is 9. The van der Waals surface area contributed by atoms with Crippen LogP contribution in [-0.4, -0.2) is 100 Å². The molecule has 5 amide bonds. The zero-order valence-corrected chi connectivity index (χ0v) is 33.1. The normalized spacial score (nSPS) is 13.7. The topological polar surface area (TPSA) is 263 Å². The Hall–Kier alpha value is -5.58. The standard InChI is InChI=1S/C39H55N9O7S/c1-23(2)19-31(44-24(3)49)36(52)47-32(21-26-22-43-28-14-9-8-13-27(26)28)37(53)46-30(16-18-56-4)35(51)45-29(15-10-17-42-39(40)41)34(50)48-33(38(54)55)20-25-11-6-5-7-12-25/h5-9,11-14,22-23,29-33,43H,10,15-21H2,1-4H3,(H,44,49)(H,45,51)(H,46,53)(H,47,52)(H,48,50)(H,54,55)(H4,40,41,42)/t29-,30-,31-,32-,33-/m0/s1. The van der Waals surface area contributed by atoms with Gasteiger partial charge in [-0.3, -0.25) is 29.0 Å². The number of aromatic nitrogens is 1. The number of carbonyl (C=O) groups excluding carboxylic acids is 5. The molecule has 0 aliphatic rings. The molecule has 17 heteroatoms. The zero-order valence-electron chi connectivity index (χ0n) is 32.3. The predicted octanol–water partition coefficient (Wildman–Crippen LogP) is 1.33. The first-order valence-corrected chi connectivity index (χ1v) is 19.9. The van der Waals surface area contributed by atoms with E-state index in [1.165, 1.54) is 18.7 Å². The van der Waals surface area contributed by atoms with Gasteiger partial charge in [0.15, 0.2) is 5.96 Å². The smallest absolute Gasteiger partial charge is 0.326 e. The average molecular weight is 794 g/mol. The lowest BCUT2D eigenvalue weighted by atomic mass is 10.0. The third kappa shape index (κ3) is 14.9. The van der Waals surface area contributed by atoms with E-state index >= 15 is 0 Å². The first-order valence-electron chi connectivity index (χ1n) is 18.5. The molecular weight excluding hydrogens is 739 g/mol. The van der Waals surface area contributed by atoms with Crippen LogP contribution in [0.25, 0.3) is 10.9 Å². The molecule has 0 saturated carbocycles. The number of aliphatic carboxylic acids is 1. The van der Waals surface area contributed by atoms with Crippen molar-refractivity contribution in [3.8, 4) is 0 Å². The molecule has 16 nitrogen and oxygen atoms in total. The number of rotatable bonds is 23. The number of H-pyrrole nitrogens is 1. The molecule has 2 aromatic carbocycles. The number of thioether (sulfide) groups is 1. The third-order valence-corrected chi connectivity index (χ3v) is 9.50. The van der Waals surface area contributed by atoms with Crippen molar-refractivity contribution in [1.82, 2.24) is 31.6 Å². The van der Waals surface area contributed by atoms with Crippen molar-refractivity contribution in [2.24, 2.45) is 22.4 Å². The van der Waals surface area contributed by atoms with Gasteiger partial charge < -0.3 is 48.1 Å². The lowest BCUT2D eigenvalue weighted by Crippen LogP contribution is -2.59. The Morgan fingerprint density at radius 1 is 0.750 bits per heavy atom. The highest BCUT2D eigenvalue weighted by Gasteiger charge is 2.33. The third-order valence-electron chi connectivity index (χ3n) is 8.85. The van der Waals surface area contributed by atoms with E-state index in [1.807, 2.05) is 44.4 Å². The van der Waals surface area contributed by atoms with Crippen molar-refractivity contribution >= 4 is 64.1 Å². The van der Waals surface area contributed by atoms with Gasteiger partial charge in [0.2, 0.25) is 29.5 Å². The monoisotopic (exact) mass is 793 g/mol. The number of nitrogens with two attached hydrogens (primary N) is 2. The van der Waals surface area contributed by atoms with Crippen LogP contribution in [0.3, 0.4) is 0 Å². The van der Waals surface area contributed by atoms with Crippen LogP contribution >= 0.6 is 11.8 Å². The summed E-state index contributed by atoms with van der Waals surface area (Å²) in [5, 5.41) is 24.3. The van der Waals surface area contributed by atoms with E-state index in [4.69, 9.17) is 11.5 Å². The summed E-state index contributed by atoms with van der Waals surface area (Å²) in [6.45, 7) is 5.27.